The van der Waals surface area contributed by atoms with Crippen LogP contribution in [0.25, 0.3) is 10.9 Å². The van der Waals surface area contributed by atoms with E-state index in [9.17, 15) is 22.8 Å². The van der Waals surface area contributed by atoms with Crippen molar-refractivity contribution in [1.82, 2.24) is 4.57 Å². The van der Waals surface area contributed by atoms with Crippen LogP contribution in [0.2, 0.25) is 0 Å². The van der Waals surface area contributed by atoms with Gasteiger partial charge in [0.05, 0.1) is 11.1 Å². The normalized spacial score (nSPS) is 10.8. The molecule has 4 nitrogen and oxygen atoms in total. The van der Waals surface area contributed by atoms with Gasteiger partial charge in [-0.05, 0) is 6.07 Å². The first-order chi connectivity index (χ1) is 11.4. The summed E-state index contributed by atoms with van der Waals surface area (Å²) >= 11 is 0. The zero-order chi connectivity index (χ0) is 17.4. The van der Waals surface area contributed by atoms with Crippen LogP contribution < -0.4 is 10.9 Å². The second-order valence-corrected chi connectivity index (χ2v) is 5.18. The third-order valence-corrected chi connectivity index (χ3v) is 3.64. The van der Waals surface area contributed by atoms with E-state index in [2.05, 4.69) is 5.32 Å². The van der Waals surface area contributed by atoms with Gasteiger partial charge >= 0.3 is 0 Å². The molecule has 24 heavy (non-hydrogen) atoms. The van der Waals surface area contributed by atoms with E-state index < -0.39 is 28.9 Å². The molecule has 3 rings (SSSR count). The molecule has 0 spiro atoms. The Morgan fingerprint density at radius 1 is 1.04 bits per heavy atom. The zero-order valence-electron chi connectivity index (χ0n) is 12.4. The SMILES string of the molecule is Cn1c(=O)cc(C(=O)Nc2cc(F)c(F)c(F)c2)c2ccccc21. The monoisotopic (exact) mass is 332 g/mol. The minimum absolute atomic E-state index is 0.0545. The van der Waals surface area contributed by atoms with Gasteiger partial charge in [-0.25, -0.2) is 13.2 Å². The Morgan fingerprint density at radius 3 is 2.33 bits per heavy atom. The average Bonchev–Trinajstić information content (AvgIpc) is 2.55. The van der Waals surface area contributed by atoms with Gasteiger partial charge in [0.15, 0.2) is 17.5 Å². The van der Waals surface area contributed by atoms with Crippen LogP contribution in [0.5, 0.6) is 0 Å². The van der Waals surface area contributed by atoms with Crippen molar-refractivity contribution < 1.29 is 18.0 Å². The lowest BCUT2D eigenvalue weighted by Crippen LogP contribution is -2.21. The maximum atomic E-state index is 13.2. The van der Waals surface area contributed by atoms with Crippen LogP contribution in [0.15, 0.2) is 47.3 Å². The molecule has 0 aliphatic heterocycles. The highest BCUT2D eigenvalue weighted by Crippen LogP contribution is 2.20. The molecule has 0 fully saturated rings. The predicted molar refractivity (Wildman–Crippen MR) is 83.5 cm³/mol. The minimum Gasteiger partial charge on any atom is -0.322 e. The van der Waals surface area contributed by atoms with Crippen molar-refractivity contribution in [3.8, 4) is 0 Å². The summed E-state index contributed by atoms with van der Waals surface area (Å²) in [4.78, 5) is 24.4. The molecule has 0 radical (unpaired) electrons. The van der Waals surface area contributed by atoms with Gasteiger partial charge in [0.2, 0.25) is 0 Å². The smallest absolute Gasteiger partial charge is 0.256 e. The van der Waals surface area contributed by atoms with Gasteiger partial charge in [-0.1, -0.05) is 18.2 Å². The quantitative estimate of drug-likeness (QED) is 0.733. The molecule has 0 aliphatic rings. The number of carbonyl (C=O) groups excluding carboxylic acids is 1. The maximum Gasteiger partial charge on any atom is 0.256 e. The molecule has 122 valence electrons. The van der Waals surface area contributed by atoms with Crippen LogP contribution >= 0.6 is 0 Å². The molecule has 1 aromatic heterocycles. The summed E-state index contributed by atoms with van der Waals surface area (Å²) in [7, 11) is 1.57. The van der Waals surface area contributed by atoms with Crippen molar-refractivity contribution >= 4 is 22.5 Å². The molecule has 1 heterocycles. The molecule has 7 heteroatoms. The van der Waals surface area contributed by atoms with E-state index in [1.165, 1.54) is 4.57 Å². The van der Waals surface area contributed by atoms with Crippen molar-refractivity contribution in [2.24, 2.45) is 7.05 Å². The molecule has 1 amide bonds. The van der Waals surface area contributed by atoms with Crippen LogP contribution in [0.1, 0.15) is 10.4 Å². The zero-order valence-corrected chi connectivity index (χ0v) is 12.4. The molecule has 0 saturated carbocycles. The molecule has 0 aliphatic carbocycles. The number of aromatic nitrogens is 1. The molecule has 2 aromatic carbocycles. The first-order valence-corrected chi connectivity index (χ1v) is 6.93. The number of amides is 1. The Kier molecular flexibility index (Phi) is 3.84. The number of benzene rings is 2. The molecular formula is C17H11F3N2O2. The fraction of sp³-hybridized carbons (Fsp3) is 0.0588. The first-order valence-electron chi connectivity index (χ1n) is 6.93. The lowest BCUT2D eigenvalue weighted by molar-refractivity contribution is 0.102. The number of hydrogen-bond acceptors (Lipinski definition) is 2. The lowest BCUT2D eigenvalue weighted by Gasteiger charge is -2.11. The molecule has 0 unspecified atom stereocenters. The van der Waals surface area contributed by atoms with Gasteiger partial charge in [0.1, 0.15) is 0 Å². The number of carbonyl (C=O) groups is 1. The number of fused-ring (bicyclic) bond motifs is 1. The summed E-state index contributed by atoms with van der Waals surface area (Å²) in [5.41, 5.74) is -0.0677. The Bertz CT molecular complexity index is 1010. The van der Waals surface area contributed by atoms with Gasteiger partial charge < -0.3 is 9.88 Å². The molecular weight excluding hydrogens is 321 g/mol. The van der Waals surface area contributed by atoms with Crippen LogP contribution in [-0.2, 0) is 7.05 Å². The van der Waals surface area contributed by atoms with Crippen molar-refractivity contribution in [2.45, 2.75) is 0 Å². The van der Waals surface area contributed by atoms with E-state index >= 15 is 0 Å². The van der Waals surface area contributed by atoms with Gasteiger partial charge in [0.25, 0.3) is 11.5 Å². The molecule has 0 atom stereocenters. The number of anilines is 1. The van der Waals surface area contributed by atoms with E-state index in [1.54, 1.807) is 31.3 Å². The number of halogens is 3. The number of rotatable bonds is 2. The third kappa shape index (κ3) is 2.64. The molecule has 3 aromatic rings. The highest BCUT2D eigenvalue weighted by molar-refractivity contribution is 6.12. The summed E-state index contributed by atoms with van der Waals surface area (Å²) in [6.45, 7) is 0. The number of para-hydroxylation sites is 1. The number of hydrogen-bond donors (Lipinski definition) is 1. The van der Waals surface area contributed by atoms with Crippen LogP contribution in [0.3, 0.4) is 0 Å². The fourth-order valence-electron chi connectivity index (χ4n) is 2.42. The van der Waals surface area contributed by atoms with Gasteiger partial charge in [-0.15, -0.1) is 0 Å². The first kappa shape index (κ1) is 15.8. The summed E-state index contributed by atoms with van der Waals surface area (Å²) < 4.78 is 40.8. The van der Waals surface area contributed by atoms with Gasteiger partial charge in [-0.2, -0.15) is 0 Å². The predicted octanol–water partition coefficient (Wildman–Crippen LogP) is 3.21. The van der Waals surface area contributed by atoms with Gasteiger partial charge in [-0.3, -0.25) is 9.59 Å². The Morgan fingerprint density at radius 2 is 1.67 bits per heavy atom. The summed E-state index contributed by atoms with van der Waals surface area (Å²) in [5, 5.41) is 2.77. The lowest BCUT2D eigenvalue weighted by atomic mass is 10.1. The second-order valence-electron chi connectivity index (χ2n) is 5.18. The fourth-order valence-corrected chi connectivity index (χ4v) is 2.42. The van der Waals surface area contributed by atoms with E-state index in [0.29, 0.717) is 23.0 Å². The number of pyridine rings is 1. The van der Waals surface area contributed by atoms with Crippen molar-refractivity contribution in [2.75, 3.05) is 5.32 Å². The van der Waals surface area contributed by atoms with E-state index in [0.717, 1.165) is 6.07 Å². The standard InChI is InChI=1S/C17H11F3N2O2/c1-22-14-5-3-2-4-10(14)11(8-15(22)23)17(24)21-9-6-12(18)16(20)13(19)7-9/h2-8H,1H3,(H,21,24). The summed E-state index contributed by atoms with van der Waals surface area (Å²) in [6, 6.07) is 9.20. The van der Waals surface area contributed by atoms with Crippen LogP contribution in [0, 0.1) is 17.5 Å². The van der Waals surface area contributed by atoms with Gasteiger partial charge in [0, 0.05) is 36.3 Å². The van der Waals surface area contributed by atoms with Crippen LogP contribution in [0.4, 0.5) is 18.9 Å². The van der Waals surface area contributed by atoms with Crippen molar-refractivity contribution in [3.63, 3.8) is 0 Å². The topological polar surface area (TPSA) is 51.1 Å². The number of aryl methyl sites for hydroxylation is 1. The number of nitrogens with zero attached hydrogens (tertiary/aromatic N) is 1. The third-order valence-electron chi connectivity index (χ3n) is 3.64. The number of nitrogens with one attached hydrogen (secondary N) is 1. The van der Waals surface area contributed by atoms with Crippen molar-refractivity contribution in [3.05, 3.63) is 75.8 Å². The Labute approximate surface area is 134 Å². The summed E-state index contributed by atoms with van der Waals surface area (Å²) in [6.07, 6.45) is 0. The van der Waals surface area contributed by atoms with E-state index in [1.807, 2.05) is 0 Å². The Balaban J connectivity index is 2.07. The molecule has 0 saturated heterocycles. The second kappa shape index (κ2) is 5.84. The van der Waals surface area contributed by atoms with Crippen molar-refractivity contribution in [1.29, 1.82) is 0 Å². The van der Waals surface area contributed by atoms with E-state index in [-0.39, 0.29) is 11.3 Å². The maximum absolute atomic E-state index is 13.2. The van der Waals surface area contributed by atoms with E-state index in [4.69, 9.17) is 0 Å². The summed E-state index contributed by atoms with van der Waals surface area (Å²) in [5.74, 6) is -5.18. The van der Waals surface area contributed by atoms with Crippen LogP contribution in [-0.4, -0.2) is 10.5 Å². The minimum atomic E-state index is -1.62. The highest BCUT2D eigenvalue weighted by Gasteiger charge is 2.16. The average molecular weight is 332 g/mol. The Hall–Kier alpha value is -3.09. The highest BCUT2D eigenvalue weighted by atomic mass is 19.2. The molecule has 1 N–H and O–H groups in total. The molecule has 0 bridgehead atoms. The largest absolute Gasteiger partial charge is 0.322 e.